The van der Waals surface area contributed by atoms with Gasteiger partial charge in [0.05, 0.1) is 24.8 Å². The maximum atomic E-state index is 6.33. The van der Waals surface area contributed by atoms with E-state index >= 15 is 0 Å². The van der Waals surface area contributed by atoms with Crippen molar-refractivity contribution in [2.24, 2.45) is 10.7 Å². The fourth-order valence-electron chi connectivity index (χ4n) is 3.44. The smallest absolute Gasteiger partial charge is 0.213 e. The molecule has 0 spiro atoms. The van der Waals surface area contributed by atoms with Gasteiger partial charge in [0.25, 0.3) is 0 Å². The average Bonchev–Trinajstić information content (AvgIpc) is 3.23. The molecule has 31 heavy (non-hydrogen) atoms. The lowest BCUT2D eigenvalue weighted by molar-refractivity contribution is 0.214. The van der Waals surface area contributed by atoms with Gasteiger partial charge in [-0.05, 0) is 61.1 Å². The minimum absolute atomic E-state index is 0.518. The summed E-state index contributed by atoms with van der Waals surface area (Å²) in [5, 5.41) is 0.646. The summed E-state index contributed by atoms with van der Waals surface area (Å²) in [6, 6.07) is 15.9. The highest BCUT2D eigenvalue weighted by Gasteiger charge is 2.18. The van der Waals surface area contributed by atoms with Crippen molar-refractivity contribution in [1.82, 2.24) is 14.8 Å². The van der Waals surface area contributed by atoms with E-state index in [1.807, 2.05) is 48.5 Å². The van der Waals surface area contributed by atoms with Gasteiger partial charge in [0.1, 0.15) is 11.5 Å². The Balaban J connectivity index is 1.71. The van der Waals surface area contributed by atoms with Crippen LogP contribution in [0.5, 0.6) is 11.5 Å². The number of aliphatic imine (C=N–C) groups is 1. The Labute approximate surface area is 186 Å². The van der Waals surface area contributed by atoms with E-state index in [-0.39, 0.29) is 0 Å². The second-order valence-corrected chi connectivity index (χ2v) is 8.37. The molecule has 1 aliphatic heterocycles. The number of thiazole rings is 1. The molecule has 0 atom stereocenters. The number of hydrogen-bond donors (Lipinski definition) is 1. The van der Waals surface area contributed by atoms with Gasteiger partial charge in [0.15, 0.2) is 5.96 Å². The van der Waals surface area contributed by atoms with Crippen molar-refractivity contribution in [3.63, 3.8) is 0 Å². The second kappa shape index (κ2) is 9.36. The molecule has 2 heterocycles. The number of nitrogens with two attached hydrogens (primary N) is 1. The molecule has 1 saturated heterocycles. The van der Waals surface area contributed by atoms with E-state index in [1.165, 1.54) is 11.3 Å². The van der Waals surface area contributed by atoms with E-state index in [9.17, 15) is 0 Å². The Morgan fingerprint density at radius 2 is 1.45 bits per heavy atom. The minimum atomic E-state index is 0.518. The topological polar surface area (TPSA) is 76.2 Å². The zero-order valence-corrected chi connectivity index (χ0v) is 18.9. The summed E-state index contributed by atoms with van der Waals surface area (Å²) in [6.07, 6.45) is 0. The van der Waals surface area contributed by atoms with Gasteiger partial charge in [-0.25, -0.2) is 4.98 Å². The molecule has 162 valence electrons. The van der Waals surface area contributed by atoms with Gasteiger partial charge in [-0.15, -0.1) is 0 Å². The number of benzene rings is 2. The molecule has 0 bridgehead atoms. The van der Waals surface area contributed by atoms with Gasteiger partial charge in [-0.2, -0.15) is 4.99 Å². The molecule has 7 nitrogen and oxygen atoms in total. The highest BCUT2D eigenvalue weighted by molar-refractivity contribution is 7.19. The van der Waals surface area contributed by atoms with Crippen LogP contribution in [0.1, 0.15) is 0 Å². The first-order chi connectivity index (χ1) is 15.1. The molecular weight excluding hydrogens is 410 g/mol. The minimum Gasteiger partial charge on any atom is -0.497 e. The summed E-state index contributed by atoms with van der Waals surface area (Å²) in [5.41, 5.74) is 9.27. The van der Waals surface area contributed by atoms with Gasteiger partial charge >= 0.3 is 0 Å². The highest BCUT2D eigenvalue weighted by Crippen LogP contribution is 2.41. The normalized spacial score (nSPS) is 15.2. The first-order valence-corrected chi connectivity index (χ1v) is 11.0. The van der Waals surface area contributed by atoms with Crippen molar-refractivity contribution < 1.29 is 9.47 Å². The Morgan fingerprint density at radius 3 is 2.00 bits per heavy atom. The standard InChI is InChI=1S/C23H27N5O2S/c1-27-12-14-28(15-13-27)22(24)26-23-25-20(16-4-8-18(29-2)9-5-16)21(31-23)17-6-10-19(30-3)11-7-17/h4-11H,12-15H2,1-3H3,(H2,24,25,26). The molecule has 2 aromatic carbocycles. The molecule has 0 aliphatic carbocycles. The molecule has 1 aliphatic rings. The Bertz CT molecular complexity index is 974. The molecular formula is C23H27N5O2S. The number of nitrogens with zero attached hydrogens (tertiary/aromatic N) is 4. The van der Waals surface area contributed by atoms with E-state index in [2.05, 4.69) is 21.8 Å². The fraction of sp³-hybridized carbons (Fsp3) is 0.304. The van der Waals surface area contributed by atoms with E-state index in [4.69, 9.17) is 20.2 Å². The molecule has 8 heteroatoms. The van der Waals surface area contributed by atoms with Crippen LogP contribution in [0.2, 0.25) is 0 Å². The zero-order valence-electron chi connectivity index (χ0n) is 18.0. The van der Waals surface area contributed by atoms with Crippen LogP contribution < -0.4 is 15.2 Å². The SMILES string of the molecule is COc1ccc(-c2nc(N=C(N)N3CCN(C)CC3)sc2-c2ccc(OC)cc2)cc1. The van der Waals surface area contributed by atoms with Crippen LogP contribution in [-0.2, 0) is 0 Å². The summed E-state index contributed by atoms with van der Waals surface area (Å²) in [7, 11) is 5.45. The molecule has 0 unspecified atom stereocenters. The van der Waals surface area contributed by atoms with E-state index < -0.39 is 0 Å². The third-order valence-corrected chi connectivity index (χ3v) is 6.37. The van der Waals surface area contributed by atoms with Crippen molar-refractivity contribution >= 4 is 22.4 Å². The molecule has 0 saturated carbocycles. The molecule has 2 N–H and O–H groups in total. The van der Waals surface area contributed by atoms with Crippen molar-refractivity contribution in [2.75, 3.05) is 47.4 Å². The number of piperazine rings is 1. The number of likely N-dealkylation sites (N-methyl/N-ethyl adjacent to an activating group) is 1. The average molecular weight is 438 g/mol. The van der Waals surface area contributed by atoms with Gasteiger partial charge in [0.2, 0.25) is 5.13 Å². The van der Waals surface area contributed by atoms with Gasteiger partial charge < -0.3 is 25.0 Å². The van der Waals surface area contributed by atoms with Crippen LogP contribution in [0, 0.1) is 0 Å². The fourth-order valence-corrected chi connectivity index (χ4v) is 4.42. The van der Waals surface area contributed by atoms with Crippen molar-refractivity contribution in [1.29, 1.82) is 0 Å². The predicted octanol–water partition coefficient (Wildman–Crippen LogP) is 3.69. The van der Waals surface area contributed by atoms with Crippen LogP contribution in [0.3, 0.4) is 0 Å². The van der Waals surface area contributed by atoms with Crippen LogP contribution in [-0.4, -0.2) is 68.2 Å². The van der Waals surface area contributed by atoms with Crippen molar-refractivity contribution in [2.45, 2.75) is 0 Å². The molecule has 3 aromatic rings. The summed E-state index contributed by atoms with van der Waals surface area (Å²) in [5.74, 6) is 2.14. The van der Waals surface area contributed by atoms with Crippen LogP contribution in [0.25, 0.3) is 21.7 Å². The van der Waals surface area contributed by atoms with Gasteiger partial charge in [-0.1, -0.05) is 11.3 Å². The number of aromatic nitrogens is 1. The lowest BCUT2D eigenvalue weighted by Gasteiger charge is -2.32. The highest BCUT2D eigenvalue weighted by atomic mass is 32.1. The maximum Gasteiger partial charge on any atom is 0.213 e. The lowest BCUT2D eigenvalue weighted by Crippen LogP contribution is -2.49. The number of guanidine groups is 1. The Kier molecular flexibility index (Phi) is 6.39. The molecule has 0 radical (unpaired) electrons. The largest absolute Gasteiger partial charge is 0.497 e. The van der Waals surface area contributed by atoms with Crippen LogP contribution in [0.15, 0.2) is 53.5 Å². The number of ether oxygens (including phenoxy) is 2. The third kappa shape index (κ3) is 4.81. The lowest BCUT2D eigenvalue weighted by atomic mass is 10.1. The van der Waals surface area contributed by atoms with Crippen LogP contribution in [0.4, 0.5) is 5.13 Å². The van der Waals surface area contributed by atoms with E-state index in [0.717, 1.165) is 59.4 Å². The molecule has 0 amide bonds. The quantitative estimate of drug-likeness (QED) is 0.485. The molecule has 1 aromatic heterocycles. The first-order valence-electron chi connectivity index (χ1n) is 10.1. The molecule has 4 rings (SSSR count). The summed E-state index contributed by atoms with van der Waals surface area (Å²) in [4.78, 5) is 15.0. The maximum absolute atomic E-state index is 6.33. The predicted molar refractivity (Wildman–Crippen MR) is 126 cm³/mol. The molecule has 1 fully saturated rings. The number of rotatable bonds is 5. The zero-order chi connectivity index (χ0) is 21.8. The summed E-state index contributed by atoms with van der Waals surface area (Å²) in [6.45, 7) is 3.69. The van der Waals surface area contributed by atoms with Crippen molar-refractivity contribution in [3.8, 4) is 33.2 Å². The number of methoxy groups -OCH3 is 2. The third-order valence-electron chi connectivity index (χ3n) is 5.37. The number of hydrogen-bond acceptors (Lipinski definition) is 6. The summed E-state index contributed by atoms with van der Waals surface area (Å²) >= 11 is 1.54. The first kappa shape index (κ1) is 21.1. The Morgan fingerprint density at radius 1 is 0.903 bits per heavy atom. The Hall–Kier alpha value is -3.10. The van der Waals surface area contributed by atoms with E-state index in [1.54, 1.807) is 14.2 Å². The second-order valence-electron chi connectivity index (χ2n) is 7.39. The monoisotopic (exact) mass is 437 g/mol. The van der Waals surface area contributed by atoms with Crippen LogP contribution >= 0.6 is 11.3 Å². The van der Waals surface area contributed by atoms with E-state index in [0.29, 0.717) is 11.1 Å². The van der Waals surface area contributed by atoms with Crippen molar-refractivity contribution in [3.05, 3.63) is 48.5 Å². The summed E-state index contributed by atoms with van der Waals surface area (Å²) < 4.78 is 10.6. The van der Waals surface area contributed by atoms with Gasteiger partial charge in [0, 0.05) is 31.7 Å². The van der Waals surface area contributed by atoms with Gasteiger partial charge in [-0.3, -0.25) is 0 Å².